The van der Waals surface area contributed by atoms with E-state index in [0.717, 1.165) is 22.9 Å². The third kappa shape index (κ3) is 3.27. The van der Waals surface area contributed by atoms with Crippen LogP contribution in [-0.4, -0.2) is 42.7 Å². The molecular formula is C16H19NO3. The van der Waals surface area contributed by atoms with Gasteiger partial charge in [0.1, 0.15) is 5.75 Å². The van der Waals surface area contributed by atoms with E-state index in [1.807, 2.05) is 42.5 Å². The van der Waals surface area contributed by atoms with Gasteiger partial charge in [0.25, 0.3) is 0 Å². The third-order valence-corrected chi connectivity index (χ3v) is 3.41. The molecule has 1 unspecified atom stereocenters. The summed E-state index contributed by atoms with van der Waals surface area (Å²) >= 11 is 0. The minimum Gasteiger partial charge on any atom is -0.493 e. The fourth-order valence-corrected chi connectivity index (χ4v) is 2.14. The molecule has 0 heterocycles. The van der Waals surface area contributed by atoms with Crippen molar-refractivity contribution in [3.63, 3.8) is 0 Å². The SMILES string of the molecule is CN(C=O)C(CO)CCOc1cccc2ccccc12. The van der Waals surface area contributed by atoms with E-state index in [2.05, 4.69) is 0 Å². The summed E-state index contributed by atoms with van der Waals surface area (Å²) in [5.41, 5.74) is 0. The molecule has 0 bridgehead atoms. The van der Waals surface area contributed by atoms with E-state index in [0.29, 0.717) is 13.0 Å². The first kappa shape index (κ1) is 14.3. The van der Waals surface area contributed by atoms with E-state index in [1.54, 1.807) is 7.05 Å². The molecule has 0 saturated heterocycles. The van der Waals surface area contributed by atoms with Gasteiger partial charge >= 0.3 is 0 Å². The molecule has 0 radical (unpaired) electrons. The van der Waals surface area contributed by atoms with Gasteiger partial charge in [-0.25, -0.2) is 0 Å². The van der Waals surface area contributed by atoms with Crippen molar-refractivity contribution >= 4 is 17.2 Å². The summed E-state index contributed by atoms with van der Waals surface area (Å²) in [5.74, 6) is 0.827. The van der Waals surface area contributed by atoms with Gasteiger partial charge in [-0.1, -0.05) is 36.4 Å². The molecule has 2 rings (SSSR count). The number of aliphatic hydroxyl groups excluding tert-OH is 1. The predicted molar refractivity (Wildman–Crippen MR) is 78.8 cm³/mol. The molecule has 4 nitrogen and oxygen atoms in total. The van der Waals surface area contributed by atoms with Crippen LogP contribution in [-0.2, 0) is 4.79 Å². The van der Waals surface area contributed by atoms with Gasteiger partial charge in [-0.15, -0.1) is 0 Å². The second kappa shape index (κ2) is 6.91. The molecular weight excluding hydrogens is 254 g/mol. The molecule has 1 N–H and O–H groups in total. The lowest BCUT2D eigenvalue weighted by molar-refractivity contribution is -0.119. The second-order valence-electron chi connectivity index (χ2n) is 4.72. The van der Waals surface area contributed by atoms with Crippen molar-refractivity contribution in [3.8, 4) is 5.75 Å². The van der Waals surface area contributed by atoms with E-state index in [4.69, 9.17) is 4.74 Å². The first-order chi connectivity index (χ1) is 9.76. The van der Waals surface area contributed by atoms with Crippen LogP contribution in [0.5, 0.6) is 5.75 Å². The zero-order valence-corrected chi connectivity index (χ0v) is 11.5. The Morgan fingerprint density at radius 1 is 1.25 bits per heavy atom. The molecule has 0 fully saturated rings. The highest BCUT2D eigenvalue weighted by Gasteiger charge is 2.12. The normalized spacial score (nSPS) is 12.1. The topological polar surface area (TPSA) is 49.8 Å². The van der Waals surface area contributed by atoms with Crippen molar-refractivity contribution in [2.24, 2.45) is 0 Å². The second-order valence-corrected chi connectivity index (χ2v) is 4.72. The molecule has 2 aromatic rings. The summed E-state index contributed by atoms with van der Waals surface area (Å²) < 4.78 is 5.79. The van der Waals surface area contributed by atoms with Gasteiger partial charge < -0.3 is 14.7 Å². The molecule has 1 atom stereocenters. The number of likely N-dealkylation sites (N-methyl/N-ethyl adjacent to an activating group) is 1. The van der Waals surface area contributed by atoms with Crippen LogP contribution in [0.25, 0.3) is 10.8 Å². The monoisotopic (exact) mass is 273 g/mol. The first-order valence-electron chi connectivity index (χ1n) is 6.65. The zero-order valence-electron chi connectivity index (χ0n) is 11.5. The van der Waals surface area contributed by atoms with Gasteiger partial charge in [-0.05, 0) is 11.5 Å². The molecule has 0 aliphatic heterocycles. The minimum atomic E-state index is -0.206. The smallest absolute Gasteiger partial charge is 0.209 e. The maximum absolute atomic E-state index is 10.7. The molecule has 0 saturated carbocycles. The number of fused-ring (bicyclic) bond motifs is 1. The van der Waals surface area contributed by atoms with Gasteiger partial charge in [0.15, 0.2) is 0 Å². The van der Waals surface area contributed by atoms with Crippen LogP contribution in [0, 0.1) is 0 Å². The van der Waals surface area contributed by atoms with Crippen molar-refractivity contribution in [3.05, 3.63) is 42.5 Å². The Kier molecular flexibility index (Phi) is 4.96. The Labute approximate surface area is 118 Å². The fraction of sp³-hybridized carbons (Fsp3) is 0.312. The third-order valence-electron chi connectivity index (χ3n) is 3.41. The molecule has 0 aliphatic rings. The van der Waals surface area contributed by atoms with Crippen LogP contribution in [0.15, 0.2) is 42.5 Å². The maximum Gasteiger partial charge on any atom is 0.209 e. The number of amides is 1. The van der Waals surface area contributed by atoms with E-state index >= 15 is 0 Å². The lowest BCUT2D eigenvalue weighted by atomic mass is 10.1. The predicted octanol–water partition coefficient (Wildman–Crippen LogP) is 2.06. The number of carbonyl (C=O) groups is 1. The van der Waals surface area contributed by atoms with E-state index in [9.17, 15) is 9.90 Å². The van der Waals surface area contributed by atoms with Gasteiger partial charge in [-0.2, -0.15) is 0 Å². The average Bonchev–Trinajstić information content (AvgIpc) is 2.51. The summed E-state index contributed by atoms with van der Waals surface area (Å²) in [5, 5.41) is 11.4. The van der Waals surface area contributed by atoms with Crippen LogP contribution in [0.4, 0.5) is 0 Å². The molecule has 106 valence electrons. The number of benzene rings is 2. The molecule has 2 aromatic carbocycles. The van der Waals surface area contributed by atoms with E-state index in [1.165, 1.54) is 4.90 Å². The Morgan fingerprint density at radius 2 is 2.00 bits per heavy atom. The number of aliphatic hydroxyl groups is 1. The van der Waals surface area contributed by atoms with Crippen LogP contribution < -0.4 is 4.74 Å². The Balaban J connectivity index is 2.01. The van der Waals surface area contributed by atoms with Crippen molar-refractivity contribution in [2.75, 3.05) is 20.3 Å². The Morgan fingerprint density at radius 3 is 2.75 bits per heavy atom. The minimum absolute atomic E-state index is 0.0614. The van der Waals surface area contributed by atoms with Gasteiger partial charge in [0.05, 0.1) is 19.3 Å². The number of carbonyl (C=O) groups excluding carboxylic acids is 1. The van der Waals surface area contributed by atoms with Crippen LogP contribution >= 0.6 is 0 Å². The highest BCUT2D eigenvalue weighted by atomic mass is 16.5. The zero-order chi connectivity index (χ0) is 14.4. The number of nitrogens with zero attached hydrogens (tertiary/aromatic N) is 1. The number of hydrogen-bond acceptors (Lipinski definition) is 3. The number of hydrogen-bond donors (Lipinski definition) is 1. The molecule has 0 aromatic heterocycles. The van der Waals surface area contributed by atoms with Gasteiger partial charge in [-0.3, -0.25) is 4.79 Å². The van der Waals surface area contributed by atoms with Crippen LogP contribution in [0.3, 0.4) is 0 Å². The molecule has 20 heavy (non-hydrogen) atoms. The highest BCUT2D eigenvalue weighted by molar-refractivity contribution is 5.88. The van der Waals surface area contributed by atoms with Crippen molar-refractivity contribution < 1.29 is 14.6 Å². The van der Waals surface area contributed by atoms with Crippen LogP contribution in [0.2, 0.25) is 0 Å². The average molecular weight is 273 g/mol. The Bertz CT molecular complexity index is 565. The van der Waals surface area contributed by atoms with Crippen molar-refractivity contribution in [2.45, 2.75) is 12.5 Å². The van der Waals surface area contributed by atoms with E-state index in [-0.39, 0.29) is 12.6 Å². The number of ether oxygens (including phenoxy) is 1. The molecule has 1 amide bonds. The van der Waals surface area contributed by atoms with Gasteiger partial charge in [0.2, 0.25) is 6.41 Å². The lowest BCUT2D eigenvalue weighted by Gasteiger charge is -2.22. The summed E-state index contributed by atoms with van der Waals surface area (Å²) in [6, 6.07) is 13.8. The molecule has 0 spiro atoms. The molecule has 4 heteroatoms. The van der Waals surface area contributed by atoms with Crippen molar-refractivity contribution in [1.29, 1.82) is 0 Å². The van der Waals surface area contributed by atoms with E-state index < -0.39 is 0 Å². The largest absolute Gasteiger partial charge is 0.493 e. The van der Waals surface area contributed by atoms with Crippen LogP contribution in [0.1, 0.15) is 6.42 Å². The number of rotatable bonds is 7. The molecule has 0 aliphatic carbocycles. The standard InChI is InChI=1S/C16H19NO3/c1-17(12-19)14(11-18)9-10-20-16-8-4-6-13-5-2-3-7-15(13)16/h2-8,12,14,18H,9-11H2,1H3. The summed E-state index contributed by atoms with van der Waals surface area (Å²) in [6.45, 7) is 0.394. The summed E-state index contributed by atoms with van der Waals surface area (Å²) in [4.78, 5) is 12.2. The first-order valence-corrected chi connectivity index (χ1v) is 6.65. The summed E-state index contributed by atoms with van der Waals surface area (Å²) in [7, 11) is 1.66. The lowest BCUT2D eigenvalue weighted by Crippen LogP contribution is -2.34. The summed E-state index contributed by atoms with van der Waals surface area (Å²) in [6.07, 6.45) is 1.31. The van der Waals surface area contributed by atoms with Crippen molar-refractivity contribution in [1.82, 2.24) is 4.90 Å². The fourth-order valence-electron chi connectivity index (χ4n) is 2.14. The highest BCUT2D eigenvalue weighted by Crippen LogP contribution is 2.25. The quantitative estimate of drug-likeness (QED) is 0.786. The Hall–Kier alpha value is -2.07. The maximum atomic E-state index is 10.7. The van der Waals surface area contributed by atoms with Gasteiger partial charge in [0, 0.05) is 18.9 Å².